The summed E-state index contributed by atoms with van der Waals surface area (Å²) in [5.41, 5.74) is 0.926. The predicted octanol–water partition coefficient (Wildman–Crippen LogP) is 3.83. The highest BCUT2D eigenvalue weighted by atomic mass is 79.9. The Labute approximate surface area is 120 Å². The molecule has 0 aliphatic heterocycles. The second-order valence-corrected chi connectivity index (χ2v) is 5.48. The van der Waals surface area contributed by atoms with E-state index in [4.69, 9.17) is 11.6 Å². The van der Waals surface area contributed by atoms with E-state index in [1.807, 2.05) is 0 Å². The van der Waals surface area contributed by atoms with Crippen LogP contribution in [0.15, 0.2) is 33.3 Å². The van der Waals surface area contributed by atoms with Crippen LogP contribution >= 0.6 is 43.5 Å². The Morgan fingerprint density at radius 2 is 2.06 bits per heavy atom. The van der Waals surface area contributed by atoms with Crippen molar-refractivity contribution in [1.29, 1.82) is 0 Å². The lowest BCUT2D eigenvalue weighted by Crippen LogP contribution is -2.09. The second kappa shape index (κ2) is 4.92. The molecule has 0 aliphatic rings. The molecule has 0 fully saturated rings. The zero-order chi connectivity index (χ0) is 12.6. The fourth-order valence-electron chi connectivity index (χ4n) is 1.47. The lowest BCUT2D eigenvalue weighted by atomic mass is 10.1. The highest BCUT2D eigenvalue weighted by Crippen LogP contribution is 2.29. The van der Waals surface area contributed by atoms with Crippen molar-refractivity contribution in [3.05, 3.63) is 49.6 Å². The van der Waals surface area contributed by atoms with Gasteiger partial charge in [-0.3, -0.25) is 9.48 Å². The molecule has 0 radical (unpaired) electrons. The fraction of sp³-hybridized carbons (Fsp3) is 0.0909. The molecule has 0 unspecified atom stereocenters. The van der Waals surface area contributed by atoms with Gasteiger partial charge < -0.3 is 0 Å². The third-order valence-electron chi connectivity index (χ3n) is 2.31. The molecule has 0 saturated carbocycles. The third kappa shape index (κ3) is 2.32. The Balaban J connectivity index is 2.55. The van der Waals surface area contributed by atoms with Crippen LogP contribution in [0.2, 0.25) is 5.02 Å². The maximum absolute atomic E-state index is 12.3. The number of carbonyl (C=O) groups is 1. The van der Waals surface area contributed by atoms with E-state index in [0.717, 1.165) is 0 Å². The van der Waals surface area contributed by atoms with Gasteiger partial charge in [0.1, 0.15) is 5.69 Å². The molecular weight excluding hydrogens is 371 g/mol. The zero-order valence-corrected chi connectivity index (χ0v) is 12.7. The van der Waals surface area contributed by atoms with E-state index in [1.165, 1.54) is 4.68 Å². The summed E-state index contributed by atoms with van der Waals surface area (Å²) < 4.78 is 2.87. The number of nitrogens with zero attached hydrogens (tertiary/aromatic N) is 2. The summed E-state index contributed by atoms with van der Waals surface area (Å²) in [6.45, 7) is 0. The molecule has 17 heavy (non-hydrogen) atoms. The summed E-state index contributed by atoms with van der Waals surface area (Å²) in [6, 6.07) is 5.25. The number of halogens is 3. The molecule has 0 bridgehead atoms. The Morgan fingerprint density at radius 3 is 2.65 bits per heavy atom. The molecule has 0 atom stereocenters. The van der Waals surface area contributed by atoms with E-state index in [-0.39, 0.29) is 5.78 Å². The largest absolute Gasteiger partial charge is 0.287 e. The molecule has 0 amide bonds. The molecule has 3 nitrogen and oxygen atoms in total. The molecule has 6 heteroatoms. The first-order valence-electron chi connectivity index (χ1n) is 4.68. The van der Waals surface area contributed by atoms with Crippen LogP contribution in [-0.4, -0.2) is 15.6 Å². The molecule has 0 N–H and O–H groups in total. The summed E-state index contributed by atoms with van der Waals surface area (Å²) in [6.07, 6.45) is 1.58. The Bertz CT molecular complexity index is 576. The van der Waals surface area contributed by atoms with E-state index in [9.17, 15) is 4.79 Å². The lowest BCUT2D eigenvalue weighted by molar-refractivity contribution is 0.102. The minimum absolute atomic E-state index is 0.164. The van der Waals surface area contributed by atoms with Crippen molar-refractivity contribution in [1.82, 2.24) is 9.78 Å². The third-order valence-corrected chi connectivity index (χ3v) is 4.18. The van der Waals surface area contributed by atoms with E-state index in [1.54, 1.807) is 31.4 Å². The van der Waals surface area contributed by atoms with Gasteiger partial charge in [0, 0.05) is 17.1 Å². The predicted molar refractivity (Wildman–Crippen MR) is 73.5 cm³/mol. The highest BCUT2D eigenvalue weighted by Gasteiger charge is 2.20. The van der Waals surface area contributed by atoms with Crippen molar-refractivity contribution >= 4 is 49.2 Å². The second-order valence-electron chi connectivity index (χ2n) is 3.40. The summed E-state index contributed by atoms with van der Waals surface area (Å²) in [7, 11) is 1.71. The van der Waals surface area contributed by atoms with Crippen molar-refractivity contribution in [2.75, 3.05) is 0 Å². The summed E-state index contributed by atoms with van der Waals surface area (Å²) >= 11 is 12.7. The Kier molecular flexibility index (Phi) is 3.70. The van der Waals surface area contributed by atoms with Gasteiger partial charge in [0.15, 0.2) is 0 Å². The molecule has 0 aliphatic carbocycles. The van der Waals surface area contributed by atoms with Gasteiger partial charge in [-0.05, 0) is 44.0 Å². The smallest absolute Gasteiger partial charge is 0.213 e. The molecule has 1 heterocycles. The number of carbonyl (C=O) groups excluding carboxylic acids is 1. The van der Waals surface area contributed by atoms with Gasteiger partial charge in [-0.2, -0.15) is 5.10 Å². The van der Waals surface area contributed by atoms with Gasteiger partial charge in [-0.25, -0.2) is 0 Å². The maximum Gasteiger partial charge on any atom is 0.213 e. The number of rotatable bonds is 2. The van der Waals surface area contributed by atoms with Gasteiger partial charge in [0.2, 0.25) is 5.78 Å². The van der Waals surface area contributed by atoms with Crippen molar-refractivity contribution in [3.63, 3.8) is 0 Å². The highest BCUT2D eigenvalue weighted by molar-refractivity contribution is 9.10. The van der Waals surface area contributed by atoms with E-state index in [2.05, 4.69) is 37.0 Å². The van der Waals surface area contributed by atoms with Crippen LogP contribution in [0.3, 0.4) is 0 Å². The first-order valence-corrected chi connectivity index (χ1v) is 6.65. The molecule has 0 spiro atoms. The zero-order valence-electron chi connectivity index (χ0n) is 8.75. The minimum Gasteiger partial charge on any atom is -0.287 e. The summed E-state index contributed by atoms with van der Waals surface area (Å²) in [5, 5.41) is 4.42. The SMILES string of the molecule is Cn1ncc(Br)c1C(=O)c1cccc(Br)c1Cl. The van der Waals surface area contributed by atoms with Crippen LogP contribution < -0.4 is 0 Å². The lowest BCUT2D eigenvalue weighted by Gasteiger charge is -2.06. The molecule has 2 rings (SSSR count). The Morgan fingerprint density at radius 1 is 1.35 bits per heavy atom. The van der Waals surface area contributed by atoms with Crippen LogP contribution in [0.1, 0.15) is 16.1 Å². The molecule has 2 aromatic rings. The number of hydrogen-bond acceptors (Lipinski definition) is 2. The van der Waals surface area contributed by atoms with Crippen molar-refractivity contribution < 1.29 is 4.79 Å². The van der Waals surface area contributed by atoms with Gasteiger partial charge in [0.25, 0.3) is 0 Å². The molecular formula is C11H7Br2ClN2O. The number of aromatic nitrogens is 2. The van der Waals surface area contributed by atoms with Crippen LogP contribution in [0.25, 0.3) is 0 Å². The van der Waals surface area contributed by atoms with E-state index in [0.29, 0.717) is 25.2 Å². The van der Waals surface area contributed by atoms with Crippen molar-refractivity contribution in [3.8, 4) is 0 Å². The van der Waals surface area contributed by atoms with Crippen molar-refractivity contribution in [2.45, 2.75) is 0 Å². The van der Waals surface area contributed by atoms with E-state index < -0.39 is 0 Å². The topological polar surface area (TPSA) is 34.9 Å². The van der Waals surface area contributed by atoms with Crippen molar-refractivity contribution in [2.24, 2.45) is 7.05 Å². The average Bonchev–Trinajstić information content (AvgIpc) is 2.62. The summed E-state index contributed by atoms with van der Waals surface area (Å²) in [4.78, 5) is 12.3. The van der Waals surface area contributed by atoms with Gasteiger partial charge in [-0.15, -0.1) is 0 Å². The fourth-order valence-corrected chi connectivity index (χ4v) is 2.58. The van der Waals surface area contributed by atoms with Gasteiger partial charge >= 0.3 is 0 Å². The Hall–Kier alpha value is -0.650. The number of hydrogen-bond donors (Lipinski definition) is 0. The normalized spacial score (nSPS) is 10.6. The number of aryl methyl sites for hydroxylation is 1. The first kappa shape index (κ1) is 12.8. The first-order chi connectivity index (χ1) is 8.02. The number of benzene rings is 1. The quantitative estimate of drug-likeness (QED) is 0.745. The minimum atomic E-state index is -0.164. The van der Waals surface area contributed by atoms with Gasteiger partial charge in [0.05, 0.1) is 15.7 Å². The summed E-state index contributed by atoms with van der Waals surface area (Å²) in [5.74, 6) is -0.164. The monoisotopic (exact) mass is 376 g/mol. The molecule has 88 valence electrons. The molecule has 0 saturated heterocycles. The van der Waals surface area contributed by atoms with Crippen LogP contribution in [0, 0.1) is 0 Å². The number of ketones is 1. The van der Waals surface area contributed by atoms with Crippen LogP contribution in [0.5, 0.6) is 0 Å². The van der Waals surface area contributed by atoms with Crippen LogP contribution in [-0.2, 0) is 7.05 Å². The standard InChI is InChI=1S/C11H7Br2ClN2O/c1-16-10(8(13)5-15-16)11(17)6-3-2-4-7(12)9(6)14/h2-5H,1H3. The average molecular weight is 378 g/mol. The van der Waals surface area contributed by atoms with Gasteiger partial charge in [-0.1, -0.05) is 17.7 Å². The molecule has 1 aromatic carbocycles. The van der Waals surface area contributed by atoms with E-state index >= 15 is 0 Å². The van der Waals surface area contributed by atoms with Crippen LogP contribution in [0.4, 0.5) is 0 Å². The molecule has 1 aromatic heterocycles. The maximum atomic E-state index is 12.3.